The summed E-state index contributed by atoms with van der Waals surface area (Å²) in [5, 5.41) is 11.3. The molecule has 1 N–H and O–H groups in total. The molecule has 1 atom stereocenters. The fourth-order valence-electron chi connectivity index (χ4n) is 4.27. The van der Waals surface area contributed by atoms with Crippen molar-refractivity contribution in [3.63, 3.8) is 0 Å². The van der Waals surface area contributed by atoms with E-state index in [9.17, 15) is 4.79 Å². The molecule has 8 nitrogen and oxygen atoms in total. The smallest absolute Gasteiger partial charge is 0.317 e. The molecule has 1 saturated carbocycles. The molecule has 8 heteroatoms. The second-order valence-corrected chi connectivity index (χ2v) is 7.52. The summed E-state index contributed by atoms with van der Waals surface area (Å²) < 4.78 is 2.15. The van der Waals surface area contributed by atoms with Gasteiger partial charge in [0.15, 0.2) is 5.82 Å². The van der Waals surface area contributed by atoms with Gasteiger partial charge in [-0.2, -0.15) is 0 Å². The summed E-state index contributed by atoms with van der Waals surface area (Å²) in [6.07, 6.45) is 13.4. The molecule has 1 saturated heterocycles. The quantitative estimate of drug-likeness (QED) is 0.895. The molecule has 27 heavy (non-hydrogen) atoms. The molecule has 0 radical (unpaired) electrons. The Morgan fingerprint density at radius 2 is 2.07 bits per heavy atom. The summed E-state index contributed by atoms with van der Waals surface area (Å²) in [5.74, 6) is 1.12. The lowest BCUT2D eigenvalue weighted by Crippen LogP contribution is -2.45. The Hall–Kier alpha value is -2.51. The highest BCUT2D eigenvalue weighted by Gasteiger charge is 2.26. The van der Waals surface area contributed by atoms with Crippen LogP contribution in [-0.2, 0) is 6.54 Å². The SMILES string of the molecule is O=C(NCc1nncn1C1CCCCC1)N1CCC[C@@H](c2ccncn2)C1. The highest BCUT2D eigenvalue weighted by Crippen LogP contribution is 2.28. The number of nitrogens with one attached hydrogen (secondary N) is 1. The zero-order valence-electron chi connectivity index (χ0n) is 15.6. The van der Waals surface area contributed by atoms with Crippen molar-refractivity contribution >= 4 is 6.03 Å². The number of hydrogen-bond acceptors (Lipinski definition) is 5. The predicted molar refractivity (Wildman–Crippen MR) is 100.0 cm³/mol. The third-order valence-electron chi connectivity index (χ3n) is 5.74. The molecule has 2 aromatic heterocycles. The molecule has 2 fully saturated rings. The Labute approximate surface area is 159 Å². The van der Waals surface area contributed by atoms with Crippen molar-refractivity contribution in [2.75, 3.05) is 13.1 Å². The number of piperidine rings is 1. The maximum Gasteiger partial charge on any atom is 0.317 e. The highest BCUT2D eigenvalue weighted by atomic mass is 16.2. The average Bonchev–Trinajstić information content (AvgIpc) is 3.22. The van der Waals surface area contributed by atoms with E-state index in [4.69, 9.17) is 0 Å². The summed E-state index contributed by atoms with van der Waals surface area (Å²) in [4.78, 5) is 22.9. The fourth-order valence-corrected chi connectivity index (χ4v) is 4.27. The number of carbonyl (C=O) groups is 1. The van der Waals surface area contributed by atoms with Gasteiger partial charge in [-0.15, -0.1) is 10.2 Å². The lowest BCUT2D eigenvalue weighted by molar-refractivity contribution is 0.178. The van der Waals surface area contributed by atoms with Gasteiger partial charge in [-0.05, 0) is 31.7 Å². The van der Waals surface area contributed by atoms with Crippen LogP contribution in [0, 0.1) is 0 Å². The highest BCUT2D eigenvalue weighted by molar-refractivity contribution is 5.74. The number of carbonyl (C=O) groups excluding carboxylic acids is 1. The molecule has 2 aliphatic rings. The van der Waals surface area contributed by atoms with E-state index in [-0.39, 0.29) is 11.9 Å². The van der Waals surface area contributed by atoms with Gasteiger partial charge < -0.3 is 14.8 Å². The minimum Gasteiger partial charge on any atom is -0.331 e. The van der Waals surface area contributed by atoms with Crippen molar-refractivity contribution in [2.24, 2.45) is 0 Å². The number of urea groups is 1. The number of rotatable bonds is 4. The van der Waals surface area contributed by atoms with E-state index in [2.05, 4.69) is 30.0 Å². The van der Waals surface area contributed by atoms with E-state index >= 15 is 0 Å². The van der Waals surface area contributed by atoms with Crippen LogP contribution in [0.5, 0.6) is 0 Å². The fraction of sp³-hybridized carbons (Fsp3) is 0.632. The third-order valence-corrected chi connectivity index (χ3v) is 5.74. The summed E-state index contributed by atoms with van der Waals surface area (Å²) >= 11 is 0. The number of amides is 2. The minimum atomic E-state index is -0.0352. The summed E-state index contributed by atoms with van der Waals surface area (Å²) in [5.41, 5.74) is 1.01. The van der Waals surface area contributed by atoms with Crippen molar-refractivity contribution in [3.8, 4) is 0 Å². The van der Waals surface area contributed by atoms with Gasteiger partial charge in [0.2, 0.25) is 0 Å². The molecule has 0 bridgehead atoms. The zero-order valence-corrected chi connectivity index (χ0v) is 15.6. The molecule has 2 amide bonds. The van der Waals surface area contributed by atoms with E-state index in [1.807, 2.05) is 17.3 Å². The van der Waals surface area contributed by atoms with Gasteiger partial charge in [0.1, 0.15) is 12.7 Å². The van der Waals surface area contributed by atoms with Crippen LogP contribution in [0.3, 0.4) is 0 Å². The van der Waals surface area contributed by atoms with E-state index in [1.165, 1.54) is 32.1 Å². The van der Waals surface area contributed by atoms with Crippen LogP contribution in [0.4, 0.5) is 4.79 Å². The maximum absolute atomic E-state index is 12.7. The predicted octanol–water partition coefficient (Wildman–Crippen LogP) is 2.66. The van der Waals surface area contributed by atoms with Crippen LogP contribution in [0.25, 0.3) is 0 Å². The first-order valence-electron chi connectivity index (χ1n) is 9.98. The topological polar surface area (TPSA) is 88.8 Å². The van der Waals surface area contributed by atoms with Gasteiger partial charge in [-0.1, -0.05) is 19.3 Å². The van der Waals surface area contributed by atoms with E-state index in [0.29, 0.717) is 19.1 Å². The largest absolute Gasteiger partial charge is 0.331 e. The van der Waals surface area contributed by atoms with Crippen LogP contribution >= 0.6 is 0 Å². The standard InChI is InChI=1S/C19H27N7O/c27-19(25-10-4-5-15(12-25)17-8-9-20-13-22-17)21-11-18-24-23-14-26(18)16-6-2-1-3-7-16/h8-9,13-16H,1-7,10-12H2,(H,21,27)/t15-/m1/s1. The molecule has 1 aliphatic carbocycles. The second kappa shape index (κ2) is 8.45. The van der Waals surface area contributed by atoms with Gasteiger partial charge in [-0.3, -0.25) is 0 Å². The zero-order chi connectivity index (χ0) is 18.5. The number of nitrogens with zero attached hydrogens (tertiary/aromatic N) is 6. The van der Waals surface area contributed by atoms with Gasteiger partial charge >= 0.3 is 6.03 Å². The second-order valence-electron chi connectivity index (χ2n) is 7.52. The molecule has 4 rings (SSSR count). The first-order chi connectivity index (χ1) is 13.3. The summed E-state index contributed by atoms with van der Waals surface area (Å²) in [6, 6.07) is 2.38. The molecule has 0 unspecified atom stereocenters. The van der Waals surface area contributed by atoms with Crippen molar-refractivity contribution in [1.82, 2.24) is 34.9 Å². The third kappa shape index (κ3) is 4.26. The van der Waals surface area contributed by atoms with Gasteiger partial charge in [0, 0.05) is 36.9 Å². The van der Waals surface area contributed by atoms with Crippen LogP contribution in [0.15, 0.2) is 24.9 Å². The average molecular weight is 369 g/mol. The molecule has 144 valence electrons. The Balaban J connectivity index is 1.34. The monoisotopic (exact) mass is 369 g/mol. The van der Waals surface area contributed by atoms with Crippen LogP contribution < -0.4 is 5.32 Å². The number of aromatic nitrogens is 5. The normalized spacial score (nSPS) is 21.2. The van der Waals surface area contributed by atoms with E-state index in [1.54, 1.807) is 12.5 Å². The lowest BCUT2D eigenvalue weighted by atomic mass is 9.95. The van der Waals surface area contributed by atoms with E-state index in [0.717, 1.165) is 30.9 Å². The molecule has 3 heterocycles. The van der Waals surface area contributed by atoms with Crippen LogP contribution in [0.1, 0.15) is 68.4 Å². The first-order valence-corrected chi connectivity index (χ1v) is 9.98. The molecule has 0 spiro atoms. The van der Waals surface area contributed by atoms with Crippen LogP contribution in [-0.4, -0.2) is 48.8 Å². The van der Waals surface area contributed by atoms with Crippen molar-refractivity contribution < 1.29 is 4.79 Å². The number of hydrogen-bond donors (Lipinski definition) is 1. The first kappa shape index (κ1) is 17.9. The number of likely N-dealkylation sites (tertiary alicyclic amines) is 1. The van der Waals surface area contributed by atoms with Gasteiger partial charge in [-0.25, -0.2) is 14.8 Å². The van der Waals surface area contributed by atoms with Gasteiger partial charge in [0.25, 0.3) is 0 Å². The van der Waals surface area contributed by atoms with Crippen LogP contribution in [0.2, 0.25) is 0 Å². The van der Waals surface area contributed by atoms with Gasteiger partial charge in [0.05, 0.1) is 6.54 Å². The molecule has 2 aromatic rings. The maximum atomic E-state index is 12.7. The Morgan fingerprint density at radius 1 is 1.19 bits per heavy atom. The minimum absolute atomic E-state index is 0.0352. The lowest BCUT2D eigenvalue weighted by Gasteiger charge is -2.32. The Kier molecular flexibility index (Phi) is 5.60. The summed E-state index contributed by atoms with van der Waals surface area (Å²) in [7, 11) is 0. The van der Waals surface area contributed by atoms with Crippen molar-refractivity contribution in [2.45, 2.75) is 63.5 Å². The molecule has 0 aromatic carbocycles. The molecule has 1 aliphatic heterocycles. The molecular formula is C19H27N7O. The van der Waals surface area contributed by atoms with E-state index < -0.39 is 0 Å². The van der Waals surface area contributed by atoms with Crippen molar-refractivity contribution in [1.29, 1.82) is 0 Å². The Morgan fingerprint density at radius 3 is 2.89 bits per heavy atom. The summed E-state index contributed by atoms with van der Waals surface area (Å²) in [6.45, 7) is 1.89. The Bertz CT molecular complexity index is 742. The van der Waals surface area contributed by atoms with Crippen molar-refractivity contribution in [3.05, 3.63) is 36.4 Å². The molecular weight excluding hydrogens is 342 g/mol.